The van der Waals surface area contributed by atoms with Crippen LogP contribution in [-0.2, 0) is 16.1 Å². The zero-order valence-electron chi connectivity index (χ0n) is 15.7. The minimum Gasteiger partial charge on any atom is -0.452 e. The van der Waals surface area contributed by atoms with Crippen LogP contribution in [-0.4, -0.2) is 28.0 Å². The van der Waals surface area contributed by atoms with Crippen LogP contribution in [0.15, 0.2) is 41.2 Å². The molecule has 0 aliphatic rings. The number of nitrogens with zero attached hydrogens (tertiary/aromatic N) is 2. The first-order chi connectivity index (χ1) is 13.8. The lowest BCUT2D eigenvalue weighted by molar-refractivity contribution is -0.119. The van der Waals surface area contributed by atoms with E-state index < -0.39 is 30.1 Å². The van der Waals surface area contributed by atoms with E-state index in [0.29, 0.717) is 23.3 Å². The number of benzene rings is 2. The Hall–Kier alpha value is -3.62. The number of anilines is 1. The fraction of sp³-hybridized carbons (Fsp3) is 0.200. The van der Waals surface area contributed by atoms with Gasteiger partial charge in [-0.15, -0.1) is 0 Å². The summed E-state index contributed by atoms with van der Waals surface area (Å²) in [6.45, 7) is 3.16. The van der Waals surface area contributed by atoms with Crippen molar-refractivity contribution in [1.82, 2.24) is 9.55 Å². The summed E-state index contributed by atoms with van der Waals surface area (Å²) < 4.78 is 33.1. The van der Waals surface area contributed by atoms with E-state index in [4.69, 9.17) is 4.74 Å². The maximum absolute atomic E-state index is 13.5. The lowest BCUT2D eigenvalue weighted by Gasteiger charge is -2.10. The molecule has 0 spiro atoms. The summed E-state index contributed by atoms with van der Waals surface area (Å²) in [5.41, 5.74) is 0.867. The lowest BCUT2D eigenvalue weighted by Crippen LogP contribution is -2.24. The molecule has 0 bridgehead atoms. The largest absolute Gasteiger partial charge is 0.452 e. The van der Waals surface area contributed by atoms with E-state index >= 15 is 0 Å². The lowest BCUT2D eigenvalue weighted by atomic mass is 10.2. The van der Waals surface area contributed by atoms with E-state index in [1.54, 1.807) is 13.0 Å². The predicted molar refractivity (Wildman–Crippen MR) is 102 cm³/mol. The summed E-state index contributed by atoms with van der Waals surface area (Å²) in [6.07, 6.45) is 0. The topological polar surface area (TPSA) is 90.3 Å². The van der Waals surface area contributed by atoms with Gasteiger partial charge in [0.15, 0.2) is 6.61 Å². The summed E-state index contributed by atoms with van der Waals surface area (Å²) in [6, 6.07) is 7.10. The van der Waals surface area contributed by atoms with E-state index in [1.807, 2.05) is 6.92 Å². The Morgan fingerprint density at radius 2 is 1.93 bits per heavy atom. The standard InChI is InChI=1S/C20H17F2N3O4/c1-3-25-17-7-4-12(8-16(17)23-11(2)19(25)27)20(28)29-10-18(26)24-15-9-13(21)5-6-14(15)22/h4-9H,3,10H2,1-2H3,(H,24,26). The second kappa shape index (κ2) is 8.17. The second-order valence-electron chi connectivity index (χ2n) is 6.20. The predicted octanol–water partition coefficient (Wildman–Crippen LogP) is 2.80. The number of rotatable bonds is 5. The van der Waals surface area contributed by atoms with Crippen molar-refractivity contribution in [3.05, 3.63) is 69.6 Å². The van der Waals surface area contributed by atoms with E-state index in [1.165, 1.54) is 16.7 Å². The van der Waals surface area contributed by atoms with E-state index in [0.717, 1.165) is 18.2 Å². The van der Waals surface area contributed by atoms with Gasteiger partial charge in [0, 0.05) is 12.6 Å². The number of aromatic nitrogens is 2. The van der Waals surface area contributed by atoms with Crippen LogP contribution in [0.5, 0.6) is 0 Å². The Bertz CT molecular complexity index is 1170. The van der Waals surface area contributed by atoms with Crippen LogP contribution in [0.3, 0.4) is 0 Å². The van der Waals surface area contributed by atoms with Gasteiger partial charge in [-0.25, -0.2) is 18.6 Å². The molecule has 29 heavy (non-hydrogen) atoms. The molecular formula is C20H17F2N3O4. The number of nitrogens with one attached hydrogen (secondary N) is 1. The van der Waals surface area contributed by atoms with Crippen molar-refractivity contribution in [3.63, 3.8) is 0 Å². The molecular weight excluding hydrogens is 384 g/mol. The maximum Gasteiger partial charge on any atom is 0.338 e. The smallest absolute Gasteiger partial charge is 0.338 e. The molecule has 9 heteroatoms. The molecule has 0 aliphatic heterocycles. The molecule has 0 unspecified atom stereocenters. The summed E-state index contributed by atoms with van der Waals surface area (Å²) >= 11 is 0. The molecule has 150 valence electrons. The van der Waals surface area contributed by atoms with Crippen molar-refractivity contribution < 1.29 is 23.1 Å². The fourth-order valence-electron chi connectivity index (χ4n) is 2.81. The van der Waals surface area contributed by atoms with Gasteiger partial charge >= 0.3 is 5.97 Å². The highest BCUT2D eigenvalue weighted by molar-refractivity contribution is 5.97. The Morgan fingerprint density at radius 1 is 1.17 bits per heavy atom. The first-order valence-corrected chi connectivity index (χ1v) is 8.73. The average molecular weight is 401 g/mol. The number of hydrogen-bond acceptors (Lipinski definition) is 5. The molecule has 3 aromatic rings. The minimum atomic E-state index is -0.822. The maximum atomic E-state index is 13.5. The number of amides is 1. The minimum absolute atomic E-state index is 0.135. The highest BCUT2D eigenvalue weighted by atomic mass is 19.1. The molecule has 0 saturated carbocycles. The van der Waals surface area contributed by atoms with Crippen molar-refractivity contribution >= 4 is 28.6 Å². The van der Waals surface area contributed by atoms with Crippen LogP contribution in [0.25, 0.3) is 11.0 Å². The summed E-state index contributed by atoms with van der Waals surface area (Å²) in [5.74, 6) is -3.15. The van der Waals surface area contributed by atoms with Crippen molar-refractivity contribution in [1.29, 1.82) is 0 Å². The number of carbonyl (C=O) groups excluding carboxylic acids is 2. The average Bonchev–Trinajstić information content (AvgIpc) is 2.69. The van der Waals surface area contributed by atoms with Crippen LogP contribution in [0, 0.1) is 18.6 Å². The van der Waals surface area contributed by atoms with E-state index in [9.17, 15) is 23.2 Å². The van der Waals surface area contributed by atoms with Gasteiger partial charge in [0.05, 0.1) is 22.3 Å². The van der Waals surface area contributed by atoms with Crippen LogP contribution in [0.4, 0.5) is 14.5 Å². The van der Waals surface area contributed by atoms with Crippen LogP contribution >= 0.6 is 0 Å². The van der Waals surface area contributed by atoms with Gasteiger partial charge in [0.25, 0.3) is 11.5 Å². The normalized spacial score (nSPS) is 10.8. The molecule has 0 fully saturated rings. The summed E-state index contributed by atoms with van der Waals surface area (Å²) in [7, 11) is 0. The molecule has 1 heterocycles. The number of carbonyl (C=O) groups is 2. The third-order valence-corrected chi connectivity index (χ3v) is 4.20. The van der Waals surface area contributed by atoms with Gasteiger partial charge in [-0.3, -0.25) is 9.59 Å². The fourth-order valence-corrected chi connectivity index (χ4v) is 2.81. The van der Waals surface area contributed by atoms with Crippen molar-refractivity contribution in [2.45, 2.75) is 20.4 Å². The van der Waals surface area contributed by atoms with Gasteiger partial charge in [-0.2, -0.15) is 0 Å². The molecule has 3 rings (SSSR count). The van der Waals surface area contributed by atoms with E-state index in [-0.39, 0.29) is 16.8 Å². The first kappa shape index (κ1) is 20.1. The summed E-state index contributed by atoms with van der Waals surface area (Å²) in [5, 5.41) is 2.13. The zero-order chi connectivity index (χ0) is 21.1. The van der Waals surface area contributed by atoms with Crippen LogP contribution in [0.2, 0.25) is 0 Å². The van der Waals surface area contributed by atoms with Crippen LogP contribution in [0.1, 0.15) is 23.0 Å². The third-order valence-electron chi connectivity index (χ3n) is 4.20. The van der Waals surface area contributed by atoms with Gasteiger partial charge in [-0.05, 0) is 44.2 Å². The van der Waals surface area contributed by atoms with Crippen molar-refractivity contribution in [2.75, 3.05) is 11.9 Å². The molecule has 0 radical (unpaired) electrons. The third kappa shape index (κ3) is 4.29. The number of hydrogen-bond donors (Lipinski definition) is 1. The monoisotopic (exact) mass is 401 g/mol. The molecule has 1 amide bonds. The molecule has 1 aromatic heterocycles. The van der Waals surface area contributed by atoms with Gasteiger partial charge in [-0.1, -0.05) is 0 Å². The molecule has 0 aliphatic carbocycles. The second-order valence-corrected chi connectivity index (χ2v) is 6.20. The van der Waals surface area contributed by atoms with Gasteiger partial charge in [0.1, 0.15) is 17.3 Å². The first-order valence-electron chi connectivity index (χ1n) is 8.73. The number of aryl methyl sites for hydroxylation is 2. The quantitative estimate of drug-likeness (QED) is 0.664. The number of esters is 1. The van der Waals surface area contributed by atoms with E-state index in [2.05, 4.69) is 10.3 Å². The molecule has 2 aromatic carbocycles. The Balaban J connectivity index is 1.73. The Kier molecular flexibility index (Phi) is 5.67. The Morgan fingerprint density at radius 3 is 2.66 bits per heavy atom. The van der Waals surface area contributed by atoms with Gasteiger partial charge < -0.3 is 14.6 Å². The number of halogens is 2. The highest BCUT2D eigenvalue weighted by Gasteiger charge is 2.15. The summed E-state index contributed by atoms with van der Waals surface area (Å²) in [4.78, 5) is 40.4. The van der Waals surface area contributed by atoms with Gasteiger partial charge in [0.2, 0.25) is 0 Å². The van der Waals surface area contributed by atoms with Crippen molar-refractivity contribution in [2.24, 2.45) is 0 Å². The SMILES string of the molecule is CCn1c(=O)c(C)nc2cc(C(=O)OCC(=O)Nc3cc(F)ccc3F)ccc21. The van der Waals surface area contributed by atoms with Crippen LogP contribution < -0.4 is 10.9 Å². The van der Waals surface area contributed by atoms with Crippen molar-refractivity contribution in [3.8, 4) is 0 Å². The molecule has 0 atom stereocenters. The molecule has 7 nitrogen and oxygen atoms in total. The highest BCUT2D eigenvalue weighted by Crippen LogP contribution is 2.16. The number of fused-ring (bicyclic) bond motifs is 1. The molecule has 1 N–H and O–H groups in total. The molecule has 0 saturated heterocycles. The zero-order valence-corrected chi connectivity index (χ0v) is 15.7. The number of ether oxygens (including phenoxy) is 1. The Labute approximate surface area is 163 Å².